The molecule has 1 amide bonds. The largest absolute Gasteiger partial charge is 0.289 e. The Morgan fingerprint density at radius 2 is 1.56 bits per heavy atom. The normalized spacial score (nSPS) is 22.2. The molecule has 25 heavy (non-hydrogen) atoms. The maximum Gasteiger partial charge on any atom is 0.242 e. The van der Waals surface area contributed by atoms with E-state index >= 15 is 0 Å². The third kappa shape index (κ3) is 3.05. The van der Waals surface area contributed by atoms with Crippen molar-refractivity contribution in [2.24, 2.45) is 0 Å². The molecule has 0 spiro atoms. The van der Waals surface area contributed by atoms with Gasteiger partial charge in [-0.15, -0.1) is 0 Å². The number of carbonyl (C=O) groups excluding carboxylic acids is 2. The highest BCUT2D eigenvalue weighted by Gasteiger charge is 2.35. The van der Waals surface area contributed by atoms with Crippen molar-refractivity contribution >= 4 is 35.2 Å². The highest BCUT2D eigenvalue weighted by Crippen LogP contribution is 2.41. The smallest absolute Gasteiger partial charge is 0.242 e. The van der Waals surface area contributed by atoms with Crippen LogP contribution in [0.1, 0.15) is 18.4 Å². The molecule has 2 aromatic carbocycles. The maximum absolute atomic E-state index is 12.9. The van der Waals surface area contributed by atoms with E-state index in [4.69, 9.17) is 0 Å². The van der Waals surface area contributed by atoms with Crippen molar-refractivity contribution in [3.63, 3.8) is 0 Å². The van der Waals surface area contributed by atoms with E-state index in [9.17, 15) is 9.59 Å². The molecule has 1 heterocycles. The second-order valence-corrected chi connectivity index (χ2v) is 7.01. The van der Waals surface area contributed by atoms with Crippen LogP contribution in [0.4, 0.5) is 5.69 Å². The molecule has 2 aliphatic rings. The summed E-state index contributed by atoms with van der Waals surface area (Å²) in [7, 11) is 0. The Bertz CT molecular complexity index is 885. The molecule has 2 fully saturated rings. The molecule has 0 aromatic heterocycles. The Balaban J connectivity index is 1.70. The fourth-order valence-corrected chi connectivity index (χ4v) is 4.30. The molecule has 0 unspecified atom stereocenters. The molecule has 0 radical (unpaired) electrons. The molecule has 0 N–H and O–H groups in total. The molecule has 1 saturated heterocycles. The molecule has 0 atom stereocenters. The standard InChI is InChI=1S/C21H17NO2S/c23-19-14-25-21(22(19)17-9-5-2-6-10-17)18-12-11-16(20(18)24)13-15-7-3-1-4-8-15/h1-10,13H,11-12,14H2/b16-13+,21-18+. The van der Waals surface area contributed by atoms with Gasteiger partial charge in [0, 0.05) is 16.8 Å². The molecule has 1 saturated carbocycles. The summed E-state index contributed by atoms with van der Waals surface area (Å²) in [6, 6.07) is 19.4. The first-order chi connectivity index (χ1) is 12.2. The lowest BCUT2D eigenvalue weighted by atomic mass is 10.1. The van der Waals surface area contributed by atoms with Crippen molar-refractivity contribution in [3.8, 4) is 0 Å². The van der Waals surface area contributed by atoms with Gasteiger partial charge in [-0.3, -0.25) is 14.5 Å². The van der Waals surface area contributed by atoms with Gasteiger partial charge in [0.25, 0.3) is 0 Å². The van der Waals surface area contributed by atoms with E-state index in [1.54, 1.807) is 4.90 Å². The predicted octanol–water partition coefficient (Wildman–Crippen LogP) is 4.42. The average molecular weight is 347 g/mol. The summed E-state index contributed by atoms with van der Waals surface area (Å²) in [4.78, 5) is 27.0. The van der Waals surface area contributed by atoms with Crippen molar-refractivity contribution in [3.05, 3.63) is 82.4 Å². The Kier molecular flexibility index (Phi) is 4.28. The minimum absolute atomic E-state index is 0.0342. The predicted molar refractivity (Wildman–Crippen MR) is 102 cm³/mol. The average Bonchev–Trinajstić information content (AvgIpc) is 3.20. The third-order valence-electron chi connectivity index (χ3n) is 4.41. The van der Waals surface area contributed by atoms with E-state index in [2.05, 4.69) is 0 Å². The van der Waals surface area contributed by atoms with E-state index in [0.29, 0.717) is 12.2 Å². The molecule has 3 nitrogen and oxygen atoms in total. The van der Waals surface area contributed by atoms with Crippen LogP contribution >= 0.6 is 11.8 Å². The highest BCUT2D eigenvalue weighted by molar-refractivity contribution is 8.04. The van der Waals surface area contributed by atoms with Gasteiger partial charge in [0.15, 0.2) is 5.78 Å². The lowest BCUT2D eigenvalue weighted by Gasteiger charge is -2.18. The number of carbonyl (C=O) groups is 2. The van der Waals surface area contributed by atoms with Crippen LogP contribution in [0.5, 0.6) is 0 Å². The number of nitrogens with zero attached hydrogens (tertiary/aromatic N) is 1. The van der Waals surface area contributed by atoms with Gasteiger partial charge in [-0.2, -0.15) is 0 Å². The van der Waals surface area contributed by atoms with E-state index in [1.807, 2.05) is 66.7 Å². The van der Waals surface area contributed by atoms with Crippen LogP contribution in [0.25, 0.3) is 6.08 Å². The number of benzene rings is 2. The van der Waals surface area contributed by atoms with E-state index < -0.39 is 0 Å². The number of hydrogen-bond donors (Lipinski definition) is 0. The van der Waals surface area contributed by atoms with Crippen molar-refractivity contribution in [1.82, 2.24) is 0 Å². The van der Waals surface area contributed by atoms with Gasteiger partial charge in [-0.1, -0.05) is 60.3 Å². The van der Waals surface area contributed by atoms with Crippen LogP contribution in [0.3, 0.4) is 0 Å². The minimum atomic E-state index is 0.0342. The first-order valence-corrected chi connectivity index (χ1v) is 9.27. The first-order valence-electron chi connectivity index (χ1n) is 8.28. The molecule has 1 aliphatic carbocycles. The number of ketones is 1. The number of Topliss-reactive ketones (excluding diaryl/α,β-unsaturated/α-hetero) is 1. The zero-order valence-electron chi connectivity index (χ0n) is 13.6. The minimum Gasteiger partial charge on any atom is -0.289 e. The van der Waals surface area contributed by atoms with Crippen LogP contribution in [0.2, 0.25) is 0 Å². The molecule has 1 aliphatic heterocycles. The number of allylic oxidation sites excluding steroid dienone is 2. The van der Waals surface area contributed by atoms with Gasteiger partial charge in [0.05, 0.1) is 10.8 Å². The van der Waals surface area contributed by atoms with Crippen LogP contribution in [0, 0.1) is 0 Å². The van der Waals surface area contributed by atoms with E-state index in [-0.39, 0.29) is 11.7 Å². The number of rotatable bonds is 2. The Hall–Kier alpha value is -2.59. The highest BCUT2D eigenvalue weighted by atomic mass is 32.2. The second kappa shape index (κ2) is 6.73. The maximum atomic E-state index is 12.9. The van der Waals surface area contributed by atoms with Crippen LogP contribution in [-0.4, -0.2) is 17.4 Å². The third-order valence-corrected chi connectivity index (χ3v) is 5.50. The monoisotopic (exact) mass is 347 g/mol. The lowest BCUT2D eigenvalue weighted by Crippen LogP contribution is -2.25. The quantitative estimate of drug-likeness (QED) is 0.755. The summed E-state index contributed by atoms with van der Waals surface area (Å²) in [5.74, 6) is 0.493. The summed E-state index contributed by atoms with van der Waals surface area (Å²) in [5.41, 5.74) is 3.45. The zero-order chi connectivity index (χ0) is 17.2. The van der Waals surface area contributed by atoms with E-state index in [0.717, 1.165) is 33.8 Å². The van der Waals surface area contributed by atoms with Crippen LogP contribution < -0.4 is 4.90 Å². The van der Waals surface area contributed by atoms with Crippen molar-refractivity contribution in [2.45, 2.75) is 12.8 Å². The van der Waals surface area contributed by atoms with E-state index in [1.165, 1.54) is 11.8 Å². The summed E-state index contributed by atoms with van der Waals surface area (Å²) < 4.78 is 0. The zero-order valence-corrected chi connectivity index (χ0v) is 14.5. The summed E-state index contributed by atoms with van der Waals surface area (Å²) in [6.45, 7) is 0. The summed E-state index contributed by atoms with van der Waals surface area (Å²) in [5, 5.41) is 0.803. The SMILES string of the molecule is O=C1/C(=C/c2ccccc2)CC/C1=C1\SCC(=O)N1c1ccccc1. The molecule has 4 heteroatoms. The number of anilines is 1. The van der Waals surface area contributed by atoms with Crippen molar-refractivity contribution in [1.29, 1.82) is 0 Å². The molecular formula is C21H17NO2S. The Morgan fingerprint density at radius 3 is 2.28 bits per heavy atom. The van der Waals surface area contributed by atoms with Gasteiger partial charge < -0.3 is 0 Å². The molecule has 2 aromatic rings. The van der Waals surface area contributed by atoms with Gasteiger partial charge >= 0.3 is 0 Å². The van der Waals surface area contributed by atoms with Gasteiger partial charge in [0.1, 0.15) is 0 Å². The fraction of sp³-hybridized carbons (Fsp3) is 0.143. The first kappa shape index (κ1) is 15.9. The molecule has 124 valence electrons. The van der Waals surface area contributed by atoms with Gasteiger partial charge in [-0.25, -0.2) is 0 Å². The second-order valence-electron chi connectivity index (χ2n) is 6.05. The Labute approximate surface area is 151 Å². The lowest BCUT2D eigenvalue weighted by molar-refractivity contribution is -0.115. The summed E-state index contributed by atoms with van der Waals surface area (Å²) in [6.07, 6.45) is 3.38. The molecule has 0 bridgehead atoms. The number of hydrogen-bond acceptors (Lipinski definition) is 3. The van der Waals surface area contributed by atoms with Crippen molar-refractivity contribution in [2.75, 3.05) is 10.7 Å². The van der Waals surface area contributed by atoms with Gasteiger partial charge in [0.2, 0.25) is 5.91 Å². The van der Waals surface area contributed by atoms with Crippen LogP contribution in [-0.2, 0) is 9.59 Å². The number of thioether (sulfide) groups is 1. The number of amides is 1. The molecule has 4 rings (SSSR count). The summed E-state index contributed by atoms with van der Waals surface area (Å²) >= 11 is 1.47. The van der Waals surface area contributed by atoms with Crippen molar-refractivity contribution < 1.29 is 9.59 Å². The fourth-order valence-electron chi connectivity index (χ4n) is 3.21. The number of para-hydroxylation sites is 1. The van der Waals surface area contributed by atoms with Crippen LogP contribution in [0.15, 0.2) is 76.8 Å². The topological polar surface area (TPSA) is 37.4 Å². The Morgan fingerprint density at radius 1 is 0.880 bits per heavy atom. The molecular weight excluding hydrogens is 330 g/mol. The van der Waals surface area contributed by atoms with Gasteiger partial charge in [-0.05, 0) is 36.6 Å².